The van der Waals surface area contributed by atoms with Gasteiger partial charge in [-0.2, -0.15) is 0 Å². The minimum atomic E-state index is -4.85. The minimum absolute atomic E-state index is 0.158. The van der Waals surface area contributed by atoms with Gasteiger partial charge in [-0.1, -0.05) is 53.1 Å². The second-order valence-electron chi connectivity index (χ2n) is 15.3. The molecule has 0 aliphatic carbocycles. The Hall–Kier alpha value is -5.59. The number of aromatic amines is 2. The van der Waals surface area contributed by atoms with Crippen LogP contribution in [0.4, 0.5) is 0 Å². The highest BCUT2D eigenvalue weighted by molar-refractivity contribution is 7.61. The van der Waals surface area contributed by atoms with E-state index in [4.69, 9.17) is 9.97 Å². The molecule has 0 unspecified atom stereocenters. The van der Waals surface area contributed by atoms with Crippen molar-refractivity contribution in [1.29, 1.82) is 0 Å². The molecule has 2 aliphatic heterocycles. The standard InChI is InChI=1S/C47H45N4O3P/c1-24-18-27(4)41(28(5)19-24)44-33-10-12-35(48-33)45(42-29(6)20-25(2)21-30(42)7)37-14-16-39(50-37)47(55(52,53)54)40-17-15-38(51-40)46(36-13-11-34(44)49-36)43-31(8)22-26(3)23-32(43)9/h10-23,48,51H,1-9H3,(H2,52,53,54). The first-order valence-electron chi connectivity index (χ1n) is 18.6. The van der Waals surface area contributed by atoms with Gasteiger partial charge in [0.1, 0.15) is 5.30 Å². The smallest absolute Gasteiger partial charge is 0.354 e. The number of aromatic nitrogens is 4. The van der Waals surface area contributed by atoms with Crippen molar-refractivity contribution in [3.63, 3.8) is 0 Å². The van der Waals surface area contributed by atoms with Gasteiger partial charge in [0.05, 0.1) is 28.3 Å². The van der Waals surface area contributed by atoms with Gasteiger partial charge in [0.2, 0.25) is 0 Å². The van der Waals surface area contributed by atoms with E-state index in [1.165, 1.54) is 5.56 Å². The van der Waals surface area contributed by atoms with E-state index in [-0.39, 0.29) is 11.0 Å². The highest BCUT2D eigenvalue weighted by Gasteiger charge is 2.27. The topological polar surface area (TPSA) is 115 Å². The zero-order valence-corrected chi connectivity index (χ0v) is 33.6. The average Bonchev–Trinajstić information content (AvgIpc) is 3.90. The van der Waals surface area contributed by atoms with E-state index in [1.54, 1.807) is 12.1 Å². The van der Waals surface area contributed by atoms with E-state index in [9.17, 15) is 14.4 Å². The summed E-state index contributed by atoms with van der Waals surface area (Å²) in [4.78, 5) is 39.6. The molecule has 6 aromatic rings. The third-order valence-electron chi connectivity index (χ3n) is 10.8. The van der Waals surface area contributed by atoms with Crippen LogP contribution < -0.4 is 5.30 Å². The summed E-state index contributed by atoms with van der Waals surface area (Å²) in [5.74, 6) is 0. The molecule has 0 amide bonds. The lowest BCUT2D eigenvalue weighted by molar-refractivity contribution is 0.387. The van der Waals surface area contributed by atoms with Crippen LogP contribution >= 0.6 is 7.60 Å². The first kappa shape index (κ1) is 36.4. The maximum absolute atomic E-state index is 13.4. The van der Waals surface area contributed by atoms with E-state index in [0.717, 1.165) is 100 Å². The number of hydrogen-bond acceptors (Lipinski definition) is 3. The summed E-state index contributed by atoms with van der Waals surface area (Å²) < 4.78 is 13.4. The molecule has 3 aromatic heterocycles. The van der Waals surface area contributed by atoms with Gasteiger partial charge in [0, 0.05) is 33.2 Å². The van der Waals surface area contributed by atoms with E-state index in [1.807, 2.05) is 12.1 Å². The molecule has 276 valence electrons. The lowest BCUT2D eigenvalue weighted by Crippen LogP contribution is -2.09. The number of fused-ring (bicyclic) bond motifs is 8. The molecule has 0 radical (unpaired) electrons. The summed E-state index contributed by atoms with van der Waals surface area (Å²) in [5.41, 5.74) is 21.1. The Kier molecular flexibility index (Phi) is 8.81. The lowest BCUT2D eigenvalue weighted by Gasteiger charge is -2.14. The fraction of sp³-hybridized carbons (Fsp3) is 0.191. The van der Waals surface area contributed by atoms with Crippen LogP contribution in [0.1, 0.15) is 72.8 Å². The van der Waals surface area contributed by atoms with Gasteiger partial charge >= 0.3 is 7.60 Å². The predicted octanol–water partition coefficient (Wildman–Crippen LogP) is 11.2. The second kappa shape index (κ2) is 13.3. The summed E-state index contributed by atoms with van der Waals surface area (Å²) in [5, 5.41) is -0.158. The van der Waals surface area contributed by atoms with Crippen molar-refractivity contribution >= 4 is 59.3 Å². The zero-order valence-electron chi connectivity index (χ0n) is 32.7. The maximum Gasteiger partial charge on any atom is 0.360 e. The second-order valence-corrected chi connectivity index (χ2v) is 16.9. The molecule has 8 bridgehead atoms. The number of H-pyrrole nitrogens is 2. The zero-order chi connectivity index (χ0) is 39.1. The SMILES string of the molecule is Cc1cc(C)c(-c2c3nc(c(-c4c(C)cc(C)cc4C)c4ccc([nH]4)c(P(=O)(O)O)c4nc(c(-c5c(C)cc(C)cc5C)c5ccc2[nH]5)C=C4)C=C3)c(C)c1. The van der Waals surface area contributed by atoms with Crippen molar-refractivity contribution in [2.45, 2.75) is 62.3 Å². The van der Waals surface area contributed by atoms with Crippen LogP contribution in [0.15, 0.2) is 60.7 Å². The van der Waals surface area contributed by atoms with Crippen molar-refractivity contribution in [3.05, 3.63) is 134 Å². The summed E-state index contributed by atoms with van der Waals surface area (Å²) in [6.45, 7) is 19.0. The molecule has 7 nitrogen and oxygen atoms in total. The average molecular weight is 745 g/mol. The van der Waals surface area contributed by atoms with Gasteiger partial charge in [0.25, 0.3) is 0 Å². The van der Waals surface area contributed by atoms with Gasteiger partial charge in [-0.3, -0.25) is 4.57 Å². The Bertz CT molecular complexity index is 2790. The molecule has 5 heterocycles. The predicted molar refractivity (Wildman–Crippen MR) is 229 cm³/mol. The largest absolute Gasteiger partial charge is 0.360 e. The summed E-state index contributed by atoms with van der Waals surface area (Å²) in [7, 11) is -4.85. The van der Waals surface area contributed by atoms with E-state index in [0.29, 0.717) is 16.7 Å². The number of benzene rings is 3. The molecular weight excluding hydrogens is 700 g/mol. The van der Waals surface area contributed by atoms with Crippen LogP contribution in [0.25, 0.3) is 79.8 Å². The van der Waals surface area contributed by atoms with Crippen LogP contribution in [0, 0.1) is 62.3 Å². The third kappa shape index (κ3) is 6.32. The Morgan fingerprint density at radius 1 is 0.418 bits per heavy atom. The Balaban J connectivity index is 1.64. The molecule has 3 aromatic carbocycles. The van der Waals surface area contributed by atoms with Crippen molar-refractivity contribution in [3.8, 4) is 33.4 Å². The van der Waals surface area contributed by atoms with Crippen molar-refractivity contribution in [2.24, 2.45) is 0 Å². The Morgan fingerprint density at radius 2 is 0.691 bits per heavy atom. The van der Waals surface area contributed by atoms with E-state index >= 15 is 0 Å². The molecule has 8 rings (SSSR count). The molecule has 55 heavy (non-hydrogen) atoms. The first-order chi connectivity index (χ1) is 26.1. The van der Waals surface area contributed by atoms with Crippen molar-refractivity contribution < 1.29 is 14.4 Å². The van der Waals surface area contributed by atoms with Gasteiger partial charge in [-0.15, -0.1) is 0 Å². The molecule has 0 fully saturated rings. The van der Waals surface area contributed by atoms with Crippen LogP contribution in [0.2, 0.25) is 0 Å². The van der Waals surface area contributed by atoms with Crippen molar-refractivity contribution in [2.75, 3.05) is 0 Å². The fourth-order valence-electron chi connectivity index (χ4n) is 9.01. The first-order valence-corrected chi connectivity index (χ1v) is 20.2. The Morgan fingerprint density at radius 3 is 1.02 bits per heavy atom. The maximum atomic E-state index is 13.4. The summed E-state index contributed by atoms with van der Waals surface area (Å²) >= 11 is 0. The monoisotopic (exact) mass is 744 g/mol. The molecule has 0 saturated carbocycles. The molecule has 0 saturated heterocycles. The molecule has 2 aliphatic rings. The van der Waals surface area contributed by atoms with Gasteiger partial charge in [-0.25, -0.2) is 9.97 Å². The van der Waals surface area contributed by atoms with Crippen LogP contribution in [0.3, 0.4) is 0 Å². The molecule has 8 heteroatoms. The number of aryl methyl sites for hydroxylation is 9. The van der Waals surface area contributed by atoms with Crippen LogP contribution in [-0.2, 0) is 4.57 Å². The minimum Gasteiger partial charge on any atom is -0.354 e. The molecule has 4 N–H and O–H groups in total. The van der Waals surface area contributed by atoms with Crippen LogP contribution in [-0.4, -0.2) is 29.7 Å². The number of rotatable bonds is 4. The van der Waals surface area contributed by atoms with Gasteiger partial charge in [-0.05, 0) is 161 Å². The summed E-state index contributed by atoms with van der Waals surface area (Å²) in [6.07, 6.45) is 7.72. The van der Waals surface area contributed by atoms with E-state index in [2.05, 4.69) is 133 Å². The quantitative estimate of drug-likeness (QED) is 0.134. The molecular formula is C47H45N4O3P. The Labute approximate surface area is 321 Å². The lowest BCUT2D eigenvalue weighted by atomic mass is 9.92. The molecule has 0 spiro atoms. The van der Waals surface area contributed by atoms with Crippen molar-refractivity contribution in [1.82, 2.24) is 19.9 Å². The van der Waals surface area contributed by atoms with Gasteiger partial charge in [0.15, 0.2) is 0 Å². The highest BCUT2D eigenvalue weighted by atomic mass is 31.2. The number of nitrogens with zero attached hydrogens (tertiary/aromatic N) is 2. The van der Waals surface area contributed by atoms with E-state index < -0.39 is 7.60 Å². The fourth-order valence-corrected chi connectivity index (χ4v) is 9.88. The molecule has 0 atom stereocenters. The highest BCUT2D eigenvalue weighted by Crippen LogP contribution is 2.42. The van der Waals surface area contributed by atoms with Crippen LogP contribution in [0.5, 0.6) is 0 Å². The normalized spacial score (nSPS) is 12.6. The third-order valence-corrected chi connectivity index (χ3v) is 11.9. The number of nitrogens with one attached hydrogen (secondary N) is 2. The van der Waals surface area contributed by atoms with Gasteiger partial charge < -0.3 is 19.8 Å². The number of hydrogen-bond donors (Lipinski definition) is 4. The summed E-state index contributed by atoms with van der Waals surface area (Å²) in [6, 6.07) is 20.9.